The van der Waals surface area contributed by atoms with Gasteiger partial charge in [0, 0.05) is 10.8 Å². The molecule has 0 aromatic heterocycles. The minimum atomic E-state index is 0.533. The number of thioether (sulfide) groups is 1. The normalized spacial score (nSPS) is 34.8. The standard InChI is InChI=1S/C13H25NS/c1-3-14-12(11-7-4-5-8-11)13(2)9-6-10-15-13/h11-12,14H,3-10H2,1-2H3. The molecule has 1 saturated heterocycles. The zero-order chi connectivity index (χ0) is 10.7. The molecule has 0 bridgehead atoms. The van der Waals surface area contributed by atoms with E-state index in [9.17, 15) is 0 Å². The van der Waals surface area contributed by atoms with Crippen molar-refractivity contribution in [3.63, 3.8) is 0 Å². The Bertz CT molecular complexity index is 193. The van der Waals surface area contributed by atoms with E-state index in [4.69, 9.17) is 0 Å². The Morgan fingerprint density at radius 2 is 2.07 bits per heavy atom. The van der Waals surface area contributed by atoms with Crippen LogP contribution < -0.4 is 5.32 Å². The van der Waals surface area contributed by atoms with Gasteiger partial charge in [-0.3, -0.25) is 0 Å². The van der Waals surface area contributed by atoms with Gasteiger partial charge in [0.15, 0.2) is 0 Å². The van der Waals surface area contributed by atoms with E-state index < -0.39 is 0 Å². The molecular weight excluding hydrogens is 202 g/mol. The molecule has 2 fully saturated rings. The summed E-state index contributed by atoms with van der Waals surface area (Å²) in [5, 5.41) is 3.79. The lowest BCUT2D eigenvalue weighted by Crippen LogP contribution is -2.49. The minimum absolute atomic E-state index is 0.533. The van der Waals surface area contributed by atoms with Gasteiger partial charge in [-0.05, 0) is 50.8 Å². The van der Waals surface area contributed by atoms with Crippen molar-refractivity contribution < 1.29 is 0 Å². The zero-order valence-corrected chi connectivity index (χ0v) is 11.0. The molecule has 2 aliphatic rings. The van der Waals surface area contributed by atoms with Crippen LogP contribution in [0.15, 0.2) is 0 Å². The Labute approximate surface area is 98.8 Å². The molecule has 2 atom stereocenters. The first-order chi connectivity index (χ1) is 7.26. The first kappa shape index (κ1) is 11.8. The van der Waals surface area contributed by atoms with Crippen molar-refractivity contribution in [3.8, 4) is 0 Å². The third kappa shape index (κ3) is 2.52. The highest BCUT2D eigenvalue weighted by molar-refractivity contribution is 8.00. The highest BCUT2D eigenvalue weighted by Crippen LogP contribution is 2.45. The number of rotatable bonds is 4. The van der Waals surface area contributed by atoms with Crippen LogP contribution in [0.1, 0.15) is 52.4 Å². The molecule has 1 aliphatic heterocycles. The van der Waals surface area contributed by atoms with Gasteiger partial charge in [0.2, 0.25) is 0 Å². The maximum Gasteiger partial charge on any atom is 0.0287 e. The number of hydrogen-bond donors (Lipinski definition) is 1. The van der Waals surface area contributed by atoms with E-state index in [0.29, 0.717) is 4.75 Å². The number of hydrogen-bond acceptors (Lipinski definition) is 2. The molecule has 1 N–H and O–H groups in total. The second-order valence-corrected chi connectivity index (χ2v) is 6.97. The first-order valence-electron chi connectivity index (χ1n) is 6.63. The Kier molecular flexibility index (Phi) is 4.00. The molecule has 0 amide bonds. The molecule has 15 heavy (non-hydrogen) atoms. The predicted molar refractivity (Wildman–Crippen MR) is 69.5 cm³/mol. The Hall–Kier alpha value is 0.310. The molecule has 0 aromatic carbocycles. The molecule has 88 valence electrons. The monoisotopic (exact) mass is 227 g/mol. The second-order valence-electron chi connectivity index (χ2n) is 5.34. The molecule has 1 aliphatic carbocycles. The zero-order valence-electron chi connectivity index (χ0n) is 10.2. The molecule has 2 unspecified atom stereocenters. The molecule has 0 spiro atoms. The fourth-order valence-corrected chi connectivity index (χ4v) is 4.94. The largest absolute Gasteiger partial charge is 0.313 e. The van der Waals surface area contributed by atoms with Gasteiger partial charge in [0.05, 0.1) is 0 Å². The van der Waals surface area contributed by atoms with Gasteiger partial charge in [-0.1, -0.05) is 19.8 Å². The highest BCUT2D eigenvalue weighted by atomic mass is 32.2. The first-order valence-corrected chi connectivity index (χ1v) is 7.62. The van der Waals surface area contributed by atoms with Gasteiger partial charge < -0.3 is 5.32 Å². The summed E-state index contributed by atoms with van der Waals surface area (Å²) in [5.41, 5.74) is 0. The lowest BCUT2D eigenvalue weighted by molar-refractivity contribution is 0.296. The van der Waals surface area contributed by atoms with Crippen LogP contribution >= 0.6 is 11.8 Å². The quantitative estimate of drug-likeness (QED) is 0.789. The molecule has 1 saturated carbocycles. The predicted octanol–water partition coefficient (Wildman–Crippen LogP) is 3.44. The van der Waals surface area contributed by atoms with E-state index in [-0.39, 0.29) is 0 Å². The maximum absolute atomic E-state index is 3.79. The summed E-state index contributed by atoms with van der Waals surface area (Å²) in [7, 11) is 0. The molecule has 1 heterocycles. The van der Waals surface area contributed by atoms with Crippen LogP contribution in [0.3, 0.4) is 0 Å². The SMILES string of the molecule is CCNC(C1CCCC1)C1(C)CCCS1. The summed E-state index contributed by atoms with van der Waals surface area (Å²) in [4.78, 5) is 0. The summed E-state index contributed by atoms with van der Waals surface area (Å²) in [5.74, 6) is 2.34. The fraction of sp³-hybridized carbons (Fsp3) is 1.00. The van der Waals surface area contributed by atoms with Gasteiger partial charge in [-0.2, -0.15) is 11.8 Å². The Morgan fingerprint density at radius 3 is 2.60 bits per heavy atom. The van der Waals surface area contributed by atoms with Gasteiger partial charge >= 0.3 is 0 Å². The number of nitrogens with one attached hydrogen (secondary N) is 1. The maximum atomic E-state index is 3.79. The molecule has 1 nitrogen and oxygen atoms in total. The highest BCUT2D eigenvalue weighted by Gasteiger charge is 2.41. The third-order valence-corrected chi connectivity index (χ3v) is 5.81. The van der Waals surface area contributed by atoms with Crippen molar-refractivity contribution in [1.82, 2.24) is 5.32 Å². The van der Waals surface area contributed by atoms with E-state index in [1.165, 1.54) is 44.3 Å². The summed E-state index contributed by atoms with van der Waals surface area (Å²) >= 11 is 2.22. The summed E-state index contributed by atoms with van der Waals surface area (Å²) in [6, 6.07) is 0.775. The average Bonchev–Trinajstić information content (AvgIpc) is 2.85. The second kappa shape index (κ2) is 5.09. The van der Waals surface area contributed by atoms with Gasteiger partial charge in [0.25, 0.3) is 0 Å². The van der Waals surface area contributed by atoms with Crippen molar-refractivity contribution in [1.29, 1.82) is 0 Å². The fourth-order valence-electron chi connectivity index (χ4n) is 3.44. The van der Waals surface area contributed by atoms with Crippen LogP contribution in [0.5, 0.6) is 0 Å². The molecule has 2 heteroatoms. The average molecular weight is 227 g/mol. The lowest BCUT2D eigenvalue weighted by atomic mass is 9.85. The van der Waals surface area contributed by atoms with E-state index >= 15 is 0 Å². The van der Waals surface area contributed by atoms with Crippen LogP contribution in [0.25, 0.3) is 0 Å². The van der Waals surface area contributed by atoms with Crippen molar-refractivity contribution in [2.75, 3.05) is 12.3 Å². The van der Waals surface area contributed by atoms with Gasteiger partial charge in [-0.15, -0.1) is 0 Å². The van der Waals surface area contributed by atoms with E-state index in [0.717, 1.165) is 18.5 Å². The Balaban J connectivity index is 2.03. The Morgan fingerprint density at radius 1 is 1.33 bits per heavy atom. The van der Waals surface area contributed by atoms with Crippen LogP contribution in [0.2, 0.25) is 0 Å². The van der Waals surface area contributed by atoms with E-state index in [2.05, 4.69) is 30.9 Å². The molecule has 0 radical (unpaired) electrons. The topological polar surface area (TPSA) is 12.0 Å². The summed E-state index contributed by atoms with van der Waals surface area (Å²) in [6.07, 6.45) is 8.71. The summed E-state index contributed by atoms with van der Waals surface area (Å²) < 4.78 is 0.533. The summed E-state index contributed by atoms with van der Waals surface area (Å²) in [6.45, 7) is 5.89. The van der Waals surface area contributed by atoms with E-state index in [1.54, 1.807) is 0 Å². The molecule has 2 rings (SSSR count). The van der Waals surface area contributed by atoms with Crippen molar-refractivity contribution in [2.45, 2.75) is 63.2 Å². The van der Waals surface area contributed by atoms with Crippen molar-refractivity contribution in [3.05, 3.63) is 0 Å². The minimum Gasteiger partial charge on any atom is -0.313 e. The van der Waals surface area contributed by atoms with E-state index in [1.807, 2.05) is 0 Å². The van der Waals surface area contributed by atoms with Crippen LogP contribution in [-0.4, -0.2) is 23.1 Å². The lowest BCUT2D eigenvalue weighted by Gasteiger charge is -2.38. The van der Waals surface area contributed by atoms with Crippen molar-refractivity contribution >= 4 is 11.8 Å². The van der Waals surface area contributed by atoms with Crippen LogP contribution in [0, 0.1) is 5.92 Å². The van der Waals surface area contributed by atoms with Gasteiger partial charge in [0.1, 0.15) is 0 Å². The molecule has 0 aromatic rings. The third-order valence-electron chi connectivity index (χ3n) is 4.20. The smallest absolute Gasteiger partial charge is 0.0287 e. The van der Waals surface area contributed by atoms with Crippen LogP contribution in [-0.2, 0) is 0 Å². The van der Waals surface area contributed by atoms with Crippen molar-refractivity contribution in [2.24, 2.45) is 5.92 Å². The van der Waals surface area contributed by atoms with Gasteiger partial charge in [-0.25, -0.2) is 0 Å². The molecular formula is C13H25NS. The van der Waals surface area contributed by atoms with Crippen LogP contribution in [0.4, 0.5) is 0 Å².